The molecule has 0 atom stereocenters. The SMILES string of the molecule is CCc1ccc(C(=O)CC(C)(C)N(Cl)N(Cl)C(=O)c2cccc(C)c2C)cc1. The van der Waals surface area contributed by atoms with E-state index in [0.717, 1.165) is 26.6 Å². The standard InChI is InChI=1S/C22H26Cl2N2O2/c1-6-17-10-12-18(13-11-17)20(27)14-22(4,5)26(24)25(23)21(28)19-9-7-8-15(2)16(19)3/h7-13H,6,14H2,1-5H3. The van der Waals surface area contributed by atoms with E-state index in [1.54, 1.807) is 26.0 Å². The Kier molecular flexibility index (Phi) is 7.27. The highest BCUT2D eigenvalue weighted by molar-refractivity contribution is 6.27. The number of carbonyl (C=O) groups excluding carboxylic acids is 2. The smallest absolute Gasteiger partial charge is 0.284 e. The molecule has 0 aliphatic carbocycles. The first kappa shape index (κ1) is 22.4. The maximum Gasteiger partial charge on any atom is 0.284 e. The molecule has 1 amide bonds. The molecule has 0 saturated heterocycles. The lowest BCUT2D eigenvalue weighted by Crippen LogP contribution is -2.48. The van der Waals surface area contributed by atoms with Gasteiger partial charge >= 0.3 is 0 Å². The van der Waals surface area contributed by atoms with Crippen LogP contribution in [0.2, 0.25) is 0 Å². The number of hydrazine groups is 1. The molecule has 0 saturated carbocycles. The van der Waals surface area contributed by atoms with Crippen molar-refractivity contribution in [1.29, 1.82) is 0 Å². The molecule has 0 radical (unpaired) electrons. The Morgan fingerprint density at radius 1 is 1.00 bits per heavy atom. The third-order valence-electron chi connectivity index (χ3n) is 4.93. The summed E-state index contributed by atoms with van der Waals surface area (Å²) in [5, 5.41) is 0. The van der Waals surface area contributed by atoms with E-state index in [-0.39, 0.29) is 12.2 Å². The molecule has 0 bridgehead atoms. The predicted molar refractivity (Wildman–Crippen MR) is 114 cm³/mol. The maximum absolute atomic E-state index is 12.8. The van der Waals surface area contributed by atoms with Crippen LogP contribution >= 0.6 is 23.6 Å². The van der Waals surface area contributed by atoms with Gasteiger partial charge in [0.15, 0.2) is 5.78 Å². The third-order valence-corrected chi connectivity index (χ3v) is 5.92. The minimum absolute atomic E-state index is 0.0671. The van der Waals surface area contributed by atoms with Gasteiger partial charge in [-0.15, -0.1) is 4.53 Å². The van der Waals surface area contributed by atoms with E-state index in [0.29, 0.717) is 11.1 Å². The van der Waals surface area contributed by atoms with Crippen LogP contribution in [-0.4, -0.2) is 26.3 Å². The van der Waals surface area contributed by atoms with Crippen molar-refractivity contribution in [1.82, 2.24) is 9.06 Å². The van der Waals surface area contributed by atoms with E-state index in [2.05, 4.69) is 6.92 Å². The van der Waals surface area contributed by atoms with Crippen LogP contribution in [0.25, 0.3) is 0 Å². The molecule has 0 heterocycles. The summed E-state index contributed by atoms with van der Waals surface area (Å²) in [4.78, 5) is 25.5. The van der Waals surface area contributed by atoms with Crippen LogP contribution in [0.5, 0.6) is 0 Å². The average molecular weight is 421 g/mol. The van der Waals surface area contributed by atoms with E-state index in [4.69, 9.17) is 23.6 Å². The number of ketones is 1. The number of carbonyl (C=O) groups is 2. The van der Waals surface area contributed by atoms with Crippen LogP contribution in [0.15, 0.2) is 42.5 Å². The second-order valence-electron chi connectivity index (χ2n) is 7.54. The lowest BCUT2D eigenvalue weighted by Gasteiger charge is -2.36. The van der Waals surface area contributed by atoms with Crippen molar-refractivity contribution >= 4 is 35.2 Å². The van der Waals surface area contributed by atoms with Gasteiger partial charge in [0.25, 0.3) is 5.91 Å². The molecule has 0 spiro atoms. The minimum atomic E-state index is -0.878. The van der Waals surface area contributed by atoms with E-state index in [1.807, 2.05) is 44.2 Å². The first-order valence-corrected chi connectivity index (χ1v) is 9.90. The molecule has 0 aliphatic heterocycles. The van der Waals surface area contributed by atoms with Crippen LogP contribution < -0.4 is 0 Å². The number of halogens is 2. The van der Waals surface area contributed by atoms with E-state index < -0.39 is 11.4 Å². The molecule has 2 aromatic rings. The zero-order chi connectivity index (χ0) is 21.1. The van der Waals surface area contributed by atoms with Gasteiger partial charge in [-0.2, -0.15) is 4.53 Å². The van der Waals surface area contributed by atoms with Gasteiger partial charge in [-0.1, -0.05) is 43.3 Å². The van der Waals surface area contributed by atoms with Gasteiger partial charge in [0.1, 0.15) is 0 Å². The van der Waals surface area contributed by atoms with Gasteiger partial charge in [-0.3, -0.25) is 9.59 Å². The number of amides is 1. The summed E-state index contributed by atoms with van der Waals surface area (Å²) in [7, 11) is 0. The Bertz CT molecular complexity index is 863. The molecule has 0 fully saturated rings. The first-order valence-electron chi connectivity index (χ1n) is 9.23. The maximum atomic E-state index is 12.8. The van der Waals surface area contributed by atoms with Crippen molar-refractivity contribution < 1.29 is 9.59 Å². The molecule has 2 rings (SSSR count). The quantitative estimate of drug-likeness (QED) is 0.318. The van der Waals surface area contributed by atoms with Crippen LogP contribution in [0, 0.1) is 13.8 Å². The molecule has 0 unspecified atom stereocenters. The summed E-state index contributed by atoms with van der Waals surface area (Å²) in [6.07, 6.45) is 1.02. The summed E-state index contributed by atoms with van der Waals surface area (Å²) in [5.74, 6) is -0.506. The van der Waals surface area contributed by atoms with Crippen LogP contribution in [0.4, 0.5) is 0 Å². The molecule has 4 nitrogen and oxygen atoms in total. The normalized spacial score (nSPS) is 11.6. The summed E-state index contributed by atoms with van der Waals surface area (Å²) in [5.41, 5.74) is 3.20. The Morgan fingerprint density at radius 2 is 1.61 bits per heavy atom. The summed E-state index contributed by atoms with van der Waals surface area (Å²) < 4.78 is 1.94. The third kappa shape index (κ3) is 4.93. The Morgan fingerprint density at radius 3 is 2.18 bits per heavy atom. The second-order valence-corrected chi connectivity index (χ2v) is 8.18. The number of aryl methyl sites for hydroxylation is 2. The fraction of sp³-hybridized carbons (Fsp3) is 0.364. The van der Waals surface area contributed by atoms with Crippen LogP contribution in [0.1, 0.15) is 64.6 Å². The van der Waals surface area contributed by atoms with Crippen molar-refractivity contribution in [3.63, 3.8) is 0 Å². The molecule has 0 aromatic heterocycles. The Hall–Kier alpha value is -1.88. The molecular weight excluding hydrogens is 395 g/mol. The number of hydrogen-bond donors (Lipinski definition) is 0. The first-order chi connectivity index (χ1) is 13.1. The summed E-state index contributed by atoms with van der Waals surface area (Å²) in [6, 6.07) is 12.9. The topological polar surface area (TPSA) is 40.6 Å². The van der Waals surface area contributed by atoms with Gasteiger partial charge in [0.2, 0.25) is 0 Å². The second kappa shape index (κ2) is 9.08. The molecule has 0 aliphatic rings. The average Bonchev–Trinajstić information content (AvgIpc) is 2.68. The van der Waals surface area contributed by atoms with E-state index >= 15 is 0 Å². The highest BCUT2D eigenvalue weighted by atomic mass is 35.5. The Labute approximate surface area is 177 Å². The van der Waals surface area contributed by atoms with Crippen molar-refractivity contribution in [3.05, 3.63) is 70.3 Å². The monoisotopic (exact) mass is 420 g/mol. The van der Waals surface area contributed by atoms with Crippen molar-refractivity contribution in [2.75, 3.05) is 0 Å². The van der Waals surface area contributed by atoms with E-state index in [1.165, 1.54) is 5.56 Å². The number of nitrogens with zero attached hydrogens (tertiary/aromatic N) is 2. The van der Waals surface area contributed by atoms with Crippen molar-refractivity contribution in [2.45, 2.75) is 53.0 Å². The van der Waals surface area contributed by atoms with Gasteiger partial charge < -0.3 is 0 Å². The highest BCUT2D eigenvalue weighted by Crippen LogP contribution is 2.29. The number of hydrogen-bond acceptors (Lipinski definition) is 3. The van der Waals surface area contributed by atoms with Crippen molar-refractivity contribution in [2.24, 2.45) is 0 Å². The lowest BCUT2D eigenvalue weighted by molar-refractivity contribution is 0.0373. The molecule has 6 heteroatoms. The van der Waals surface area contributed by atoms with Gasteiger partial charge in [0.05, 0.1) is 5.54 Å². The molecule has 28 heavy (non-hydrogen) atoms. The largest absolute Gasteiger partial charge is 0.294 e. The zero-order valence-corrected chi connectivity index (χ0v) is 18.4. The number of benzene rings is 2. The van der Waals surface area contributed by atoms with Crippen LogP contribution in [0.3, 0.4) is 0 Å². The zero-order valence-electron chi connectivity index (χ0n) is 16.9. The van der Waals surface area contributed by atoms with Crippen molar-refractivity contribution in [3.8, 4) is 0 Å². The molecule has 2 aromatic carbocycles. The predicted octanol–water partition coefficient (Wildman–Crippen LogP) is 5.88. The fourth-order valence-electron chi connectivity index (χ4n) is 2.89. The number of rotatable bonds is 7. The van der Waals surface area contributed by atoms with Crippen LogP contribution in [-0.2, 0) is 6.42 Å². The number of Topliss-reactive ketones (excluding diaryl/α,β-unsaturated/α-hetero) is 1. The summed E-state index contributed by atoms with van der Waals surface area (Å²) >= 11 is 12.7. The summed E-state index contributed by atoms with van der Waals surface area (Å²) in [6.45, 7) is 9.39. The lowest BCUT2D eigenvalue weighted by atomic mass is 9.94. The molecule has 0 N–H and O–H groups in total. The highest BCUT2D eigenvalue weighted by Gasteiger charge is 2.36. The van der Waals surface area contributed by atoms with Gasteiger partial charge in [-0.05, 0) is 56.9 Å². The Balaban J connectivity index is 2.15. The minimum Gasteiger partial charge on any atom is -0.294 e. The fourth-order valence-corrected chi connectivity index (χ4v) is 3.31. The molecule has 150 valence electrons. The molecular formula is C22H26Cl2N2O2. The van der Waals surface area contributed by atoms with Gasteiger partial charge in [0, 0.05) is 41.1 Å². The van der Waals surface area contributed by atoms with E-state index in [9.17, 15) is 9.59 Å². The van der Waals surface area contributed by atoms with Gasteiger partial charge in [-0.25, -0.2) is 0 Å².